The summed E-state index contributed by atoms with van der Waals surface area (Å²) in [5.74, 6) is -0.0719. The van der Waals surface area contributed by atoms with E-state index in [0.29, 0.717) is 12.4 Å². The molecule has 110 valence electrons. The molecule has 21 heavy (non-hydrogen) atoms. The fraction of sp³-hybridized carbons (Fsp3) is 0.214. The maximum absolute atomic E-state index is 12.0. The van der Waals surface area contributed by atoms with E-state index < -0.39 is 4.92 Å². The lowest BCUT2D eigenvalue weighted by atomic mass is 10.1. The molecule has 0 saturated carbocycles. The highest BCUT2D eigenvalue weighted by Gasteiger charge is 2.20. The second kappa shape index (κ2) is 6.41. The highest BCUT2D eigenvalue weighted by molar-refractivity contribution is 6.17. The zero-order valence-corrected chi connectivity index (χ0v) is 12.1. The number of benzene rings is 1. The Hall–Kier alpha value is -2.34. The van der Waals surface area contributed by atoms with Crippen molar-refractivity contribution in [1.82, 2.24) is 9.88 Å². The highest BCUT2D eigenvalue weighted by Crippen LogP contribution is 2.15. The van der Waals surface area contributed by atoms with Crippen molar-refractivity contribution in [3.8, 4) is 0 Å². The van der Waals surface area contributed by atoms with Crippen molar-refractivity contribution in [2.24, 2.45) is 7.05 Å². The van der Waals surface area contributed by atoms with Crippen molar-refractivity contribution in [2.75, 3.05) is 0 Å². The molecule has 0 aliphatic heterocycles. The Balaban J connectivity index is 2.06. The maximum atomic E-state index is 12.0. The molecular weight excluding hydrogens is 294 g/mol. The van der Waals surface area contributed by atoms with Gasteiger partial charge in [0.15, 0.2) is 5.69 Å². The smallest absolute Gasteiger partial charge is 0.323 e. The second-order valence-corrected chi connectivity index (χ2v) is 4.80. The Morgan fingerprint density at radius 2 is 2.05 bits per heavy atom. The first-order valence-electron chi connectivity index (χ1n) is 6.25. The lowest BCUT2D eigenvalue weighted by Crippen LogP contribution is -2.25. The van der Waals surface area contributed by atoms with E-state index >= 15 is 0 Å². The van der Waals surface area contributed by atoms with E-state index in [1.807, 2.05) is 24.3 Å². The molecule has 0 bridgehead atoms. The van der Waals surface area contributed by atoms with E-state index in [1.54, 1.807) is 0 Å². The molecule has 0 fully saturated rings. The summed E-state index contributed by atoms with van der Waals surface area (Å²) in [5.41, 5.74) is 2.14. The Kier molecular flexibility index (Phi) is 4.59. The van der Waals surface area contributed by atoms with Crippen LogP contribution in [0.4, 0.5) is 5.82 Å². The van der Waals surface area contributed by atoms with Gasteiger partial charge in [-0.15, -0.1) is 11.6 Å². The number of nitrogens with one attached hydrogen (secondary N) is 1. The van der Waals surface area contributed by atoms with Crippen molar-refractivity contribution in [1.29, 1.82) is 0 Å². The predicted octanol–water partition coefficient (Wildman–Crippen LogP) is 2.60. The summed E-state index contributed by atoms with van der Waals surface area (Å²) in [6, 6.07) is 10.3. The molecule has 1 amide bonds. The fourth-order valence-corrected chi connectivity index (χ4v) is 2.17. The number of amides is 1. The Morgan fingerprint density at radius 1 is 1.33 bits per heavy atom. The summed E-state index contributed by atoms with van der Waals surface area (Å²) in [7, 11) is 1.49. The third-order valence-electron chi connectivity index (χ3n) is 3.11. The summed E-state index contributed by atoms with van der Waals surface area (Å²) in [4.78, 5) is 22.3. The van der Waals surface area contributed by atoms with Gasteiger partial charge in [0.05, 0.1) is 7.05 Å². The lowest BCUT2D eigenvalue weighted by Gasteiger charge is -2.06. The van der Waals surface area contributed by atoms with Gasteiger partial charge in [0, 0.05) is 18.5 Å². The van der Waals surface area contributed by atoms with Gasteiger partial charge in [0.25, 0.3) is 5.91 Å². The number of carbonyl (C=O) groups excluding carboxylic acids is 1. The minimum Gasteiger partial charge on any atom is -0.358 e. The lowest BCUT2D eigenvalue weighted by molar-refractivity contribution is -0.391. The molecule has 6 nitrogen and oxygen atoms in total. The summed E-state index contributed by atoms with van der Waals surface area (Å²) < 4.78 is 1.25. The van der Waals surface area contributed by atoms with Crippen LogP contribution in [0.1, 0.15) is 21.6 Å². The first kappa shape index (κ1) is 15.1. The van der Waals surface area contributed by atoms with Crippen molar-refractivity contribution < 1.29 is 9.72 Å². The molecule has 1 heterocycles. The van der Waals surface area contributed by atoms with E-state index in [-0.39, 0.29) is 17.4 Å². The number of carbonyl (C=O) groups is 1. The van der Waals surface area contributed by atoms with Crippen LogP contribution in [-0.2, 0) is 19.5 Å². The molecule has 1 aromatic heterocycles. The van der Waals surface area contributed by atoms with Gasteiger partial charge in [-0.25, -0.2) is 4.57 Å². The number of hydrogen-bond acceptors (Lipinski definition) is 3. The number of nitro groups is 1. The zero-order valence-electron chi connectivity index (χ0n) is 11.4. The number of alkyl halides is 1. The molecule has 0 atom stereocenters. The van der Waals surface area contributed by atoms with Crippen LogP contribution in [0.25, 0.3) is 0 Å². The molecule has 0 saturated heterocycles. The normalized spacial score (nSPS) is 10.4. The van der Waals surface area contributed by atoms with Crippen LogP contribution in [0, 0.1) is 10.1 Å². The molecule has 1 aromatic carbocycles. The van der Waals surface area contributed by atoms with Gasteiger partial charge in [-0.2, -0.15) is 0 Å². The van der Waals surface area contributed by atoms with Crippen LogP contribution in [-0.4, -0.2) is 15.4 Å². The summed E-state index contributed by atoms with van der Waals surface area (Å²) in [6.07, 6.45) is 0. The molecular formula is C14H14ClN3O3. The quantitative estimate of drug-likeness (QED) is 0.524. The first-order chi connectivity index (χ1) is 10.0. The third kappa shape index (κ3) is 3.41. The topological polar surface area (TPSA) is 77.2 Å². The van der Waals surface area contributed by atoms with E-state index in [0.717, 1.165) is 11.1 Å². The minimum absolute atomic E-state index is 0.121. The van der Waals surface area contributed by atoms with Gasteiger partial charge in [-0.1, -0.05) is 24.3 Å². The Labute approximate surface area is 126 Å². The van der Waals surface area contributed by atoms with E-state index in [4.69, 9.17) is 11.6 Å². The van der Waals surface area contributed by atoms with Gasteiger partial charge in [-0.05, 0) is 22.1 Å². The maximum Gasteiger partial charge on any atom is 0.323 e. The van der Waals surface area contributed by atoms with Crippen LogP contribution in [0.3, 0.4) is 0 Å². The SMILES string of the molecule is Cn1c(C(=O)NCc2cccc(CCl)c2)ccc1[N+](=O)[O-]. The van der Waals surface area contributed by atoms with Crippen LogP contribution in [0.5, 0.6) is 0 Å². The second-order valence-electron chi connectivity index (χ2n) is 4.53. The van der Waals surface area contributed by atoms with E-state index in [2.05, 4.69) is 5.32 Å². The largest absolute Gasteiger partial charge is 0.358 e. The van der Waals surface area contributed by atoms with E-state index in [9.17, 15) is 14.9 Å². The molecule has 2 rings (SSSR count). The van der Waals surface area contributed by atoms with Gasteiger partial charge < -0.3 is 15.4 Å². The summed E-state index contributed by atoms with van der Waals surface area (Å²) in [6.45, 7) is 0.336. The predicted molar refractivity (Wildman–Crippen MR) is 79.2 cm³/mol. The van der Waals surface area contributed by atoms with Crippen molar-refractivity contribution in [2.45, 2.75) is 12.4 Å². The molecule has 0 unspecified atom stereocenters. The molecule has 0 spiro atoms. The summed E-state index contributed by atoms with van der Waals surface area (Å²) >= 11 is 5.76. The molecule has 7 heteroatoms. The van der Waals surface area contributed by atoms with Gasteiger partial charge >= 0.3 is 5.82 Å². The van der Waals surface area contributed by atoms with E-state index in [1.165, 1.54) is 23.7 Å². The standard InChI is InChI=1S/C14H14ClN3O3/c1-17-12(5-6-13(17)18(20)21)14(19)16-9-11-4-2-3-10(7-11)8-15/h2-7H,8-9H2,1H3,(H,16,19). The Bertz CT molecular complexity index is 682. The first-order valence-corrected chi connectivity index (χ1v) is 6.78. The molecule has 1 N–H and O–H groups in total. The van der Waals surface area contributed by atoms with Gasteiger partial charge in [0.1, 0.15) is 0 Å². The van der Waals surface area contributed by atoms with Crippen LogP contribution in [0.15, 0.2) is 36.4 Å². The average Bonchev–Trinajstić information content (AvgIpc) is 2.87. The number of halogens is 1. The average molecular weight is 308 g/mol. The monoisotopic (exact) mass is 307 g/mol. The third-order valence-corrected chi connectivity index (χ3v) is 3.42. The van der Waals surface area contributed by atoms with Gasteiger partial charge in [0.2, 0.25) is 0 Å². The van der Waals surface area contributed by atoms with Crippen molar-refractivity contribution in [3.63, 3.8) is 0 Å². The van der Waals surface area contributed by atoms with Crippen LogP contribution in [0.2, 0.25) is 0 Å². The van der Waals surface area contributed by atoms with Gasteiger partial charge in [-0.3, -0.25) is 4.79 Å². The molecule has 0 radical (unpaired) electrons. The van der Waals surface area contributed by atoms with Crippen molar-refractivity contribution >= 4 is 23.3 Å². The number of aromatic nitrogens is 1. The number of nitrogens with zero attached hydrogens (tertiary/aromatic N) is 2. The minimum atomic E-state index is -0.527. The number of rotatable bonds is 5. The van der Waals surface area contributed by atoms with Crippen LogP contribution >= 0.6 is 11.6 Å². The molecule has 0 aliphatic carbocycles. The molecule has 0 aliphatic rings. The Morgan fingerprint density at radius 3 is 2.67 bits per heavy atom. The summed E-state index contributed by atoms with van der Waals surface area (Å²) in [5, 5.41) is 13.5. The highest BCUT2D eigenvalue weighted by atomic mass is 35.5. The zero-order chi connectivity index (χ0) is 15.4. The molecule has 2 aromatic rings. The fourth-order valence-electron chi connectivity index (χ4n) is 2.01. The van der Waals surface area contributed by atoms with Crippen molar-refractivity contribution in [3.05, 3.63) is 63.3 Å². The van der Waals surface area contributed by atoms with Crippen LogP contribution < -0.4 is 5.32 Å². The number of hydrogen-bond donors (Lipinski definition) is 1.